The van der Waals surface area contributed by atoms with Crippen molar-refractivity contribution in [2.75, 3.05) is 13.1 Å². The van der Waals surface area contributed by atoms with Crippen molar-refractivity contribution in [3.05, 3.63) is 47.9 Å². The summed E-state index contributed by atoms with van der Waals surface area (Å²) in [6.07, 6.45) is -1.36. The van der Waals surface area contributed by atoms with Crippen LogP contribution in [-0.2, 0) is 16.2 Å². The maximum atomic E-state index is 12.8. The molecule has 1 atom stereocenters. The van der Waals surface area contributed by atoms with Gasteiger partial charge in [-0.15, -0.1) is 0 Å². The molecule has 0 bridgehead atoms. The van der Waals surface area contributed by atoms with Crippen LogP contribution in [0.25, 0.3) is 0 Å². The lowest BCUT2D eigenvalue weighted by molar-refractivity contribution is -0.137. The van der Waals surface area contributed by atoms with Crippen molar-refractivity contribution in [2.24, 2.45) is 0 Å². The first kappa shape index (κ1) is 20.0. The summed E-state index contributed by atoms with van der Waals surface area (Å²) in [5.41, 5.74) is -0.928. The molecule has 1 aromatic carbocycles. The Balaban J connectivity index is 1.76. The molecular weight excluding hydrogens is 397 g/mol. The van der Waals surface area contributed by atoms with Crippen molar-refractivity contribution in [1.82, 2.24) is 14.3 Å². The van der Waals surface area contributed by atoms with E-state index in [9.17, 15) is 21.6 Å². The van der Waals surface area contributed by atoms with E-state index in [1.54, 1.807) is 0 Å². The zero-order valence-electron chi connectivity index (χ0n) is 14.4. The van der Waals surface area contributed by atoms with Crippen molar-refractivity contribution in [3.8, 4) is 11.9 Å². The first-order valence-corrected chi connectivity index (χ1v) is 9.71. The predicted octanol–water partition coefficient (Wildman–Crippen LogP) is 2.60. The van der Waals surface area contributed by atoms with E-state index in [1.807, 2.05) is 6.07 Å². The fourth-order valence-electron chi connectivity index (χ4n) is 2.83. The molecule has 148 valence electrons. The maximum Gasteiger partial charge on any atom is 0.416 e. The van der Waals surface area contributed by atoms with Crippen LogP contribution in [0.4, 0.5) is 13.2 Å². The van der Waals surface area contributed by atoms with Gasteiger partial charge in [0, 0.05) is 18.9 Å². The van der Waals surface area contributed by atoms with Gasteiger partial charge in [0.05, 0.1) is 17.0 Å². The topological polar surface area (TPSA) is 96.2 Å². The number of nitriles is 1. The Kier molecular flexibility index (Phi) is 5.53. The third kappa shape index (κ3) is 4.23. The van der Waals surface area contributed by atoms with Crippen molar-refractivity contribution in [2.45, 2.75) is 30.0 Å². The van der Waals surface area contributed by atoms with Crippen molar-refractivity contribution < 1.29 is 26.3 Å². The fraction of sp³-hybridized carbons (Fsp3) is 0.353. The zero-order valence-corrected chi connectivity index (χ0v) is 15.2. The van der Waals surface area contributed by atoms with Crippen LogP contribution >= 0.6 is 0 Å². The van der Waals surface area contributed by atoms with Gasteiger partial charge >= 0.3 is 6.18 Å². The quantitative estimate of drug-likeness (QED) is 0.766. The number of hydrogen-bond donors (Lipinski definition) is 0. The van der Waals surface area contributed by atoms with Crippen LogP contribution in [0.2, 0.25) is 0 Å². The largest absolute Gasteiger partial charge is 0.471 e. The van der Waals surface area contributed by atoms with E-state index in [0.717, 1.165) is 28.6 Å². The second-order valence-electron chi connectivity index (χ2n) is 6.09. The van der Waals surface area contributed by atoms with Gasteiger partial charge < -0.3 is 4.74 Å². The number of benzene rings is 1. The average Bonchev–Trinajstić information content (AvgIpc) is 2.68. The van der Waals surface area contributed by atoms with E-state index in [4.69, 9.17) is 10.00 Å². The summed E-state index contributed by atoms with van der Waals surface area (Å²) in [6, 6.07) is 5.21. The van der Waals surface area contributed by atoms with Crippen LogP contribution in [0.1, 0.15) is 24.1 Å². The maximum absolute atomic E-state index is 12.8. The molecule has 1 aromatic heterocycles. The highest BCUT2D eigenvalue weighted by molar-refractivity contribution is 7.89. The summed E-state index contributed by atoms with van der Waals surface area (Å²) in [7, 11) is -3.98. The number of ether oxygens (including phenoxy) is 1. The minimum atomic E-state index is -4.54. The molecule has 0 spiro atoms. The third-order valence-corrected chi connectivity index (χ3v) is 6.09. The van der Waals surface area contributed by atoms with E-state index < -0.39 is 27.9 Å². The Bertz CT molecular complexity index is 988. The second kappa shape index (κ2) is 7.73. The third-order valence-electron chi connectivity index (χ3n) is 4.21. The van der Waals surface area contributed by atoms with E-state index in [-0.39, 0.29) is 29.6 Å². The van der Waals surface area contributed by atoms with E-state index in [1.165, 1.54) is 12.4 Å². The lowest BCUT2D eigenvalue weighted by atomic mass is 10.1. The summed E-state index contributed by atoms with van der Waals surface area (Å²) >= 11 is 0. The first-order valence-electron chi connectivity index (χ1n) is 8.27. The van der Waals surface area contributed by atoms with Crippen molar-refractivity contribution in [3.63, 3.8) is 0 Å². The second-order valence-corrected chi connectivity index (χ2v) is 8.03. The zero-order chi connectivity index (χ0) is 20.4. The summed E-state index contributed by atoms with van der Waals surface area (Å²) in [5, 5.41) is 9.04. The van der Waals surface area contributed by atoms with Gasteiger partial charge in [0.2, 0.25) is 15.7 Å². The number of halogens is 3. The molecule has 1 saturated heterocycles. The molecule has 28 heavy (non-hydrogen) atoms. The van der Waals surface area contributed by atoms with Gasteiger partial charge in [0.25, 0.3) is 5.88 Å². The lowest BCUT2D eigenvalue weighted by Gasteiger charge is -2.31. The van der Waals surface area contributed by atoms with Crippen LogP contribution in [0.3, 0.4) is 0 Å². The number of piperidine rings is 1. The molecule has 0 amide bonds. The number of aromatic nitrogens is 2. The standard InChI is InChI=1S/C17H15F3N4O3S/c18-17(19,20)12-3-5-14(6-4-12)28(25,26)24-9-1-2-13(11-24)27-16-15(10-21)22-7-8-23-16/h3-8,13H,1-2,9,11H2. The Morgan fingerprint density at radius 1 is 1.18 bits per heavy atom. The lowest BCUT2D eigenvalue weighted by Crippen LogP contribution is -2.44. The molecule has 3 rings (SSSR count). The van der Waals surface area contributed by atoms with Gasteiger partial charge in [0.15, 0.2) is 0 Å². The van der Waals surface area contributed by atoms with Crippen molar-refractivity contribution in [1.29, 1.82) is 5.26 Å². The minimum absolute atomic E-state index is 0.00906. The van der Waals surface area contributed by atoms with Crippen LogP contribution in [0.5, 0.6) is 5.88 Å². The highest BCUT2D eigenvalue weighted by Gasteiger charge is 2.34. The molecule has 0 saturated carbocycles. The summed E-state index contributed by atoms with van der Waals surface area (Å²) in [4.78, 5) is 7.55. The summed E-state index contributed by atoms with van der Waals surface area (Å²) in [5.74, 6) is 0.0174. The molecule has 1 fully saturated rings. The number of alkyl halides is 3. The molecule has 2 aromatic rings. The Morgan fingerprint density at radius 3 is 2.50 bits per heavy atom. The first-order chi connectivity index (χ1) is 13.2. The monoisotopic (exact) mass is 412 g/mol. The normalized spacial score (nSPS) is 18.4. The summed E-state index contributed by atoms with van der Waals surface area (Å²) in [6.45, 7) is 0.208. The van der Waals surface area contributed by atoms with E-state index >= 15 is 0 Å². The summed E-state index contributed by atoms with van der Waals surface area (Å²) < 4.78 is 70.4. The van der Waals surface area contributed by atoms with Gasteiger partial charge in [-0.25, -0.2) is 18.4 Å². The highest BCUT2D eigenvalue weighted by Crippen LogP contribution is 2.31. The number of sulfonamides is 1. The molecule has 0 aliphatic carbocycles. The van der Waals surface area contributed by atoms with Gasteiger partial charge in [-0.2, -0.15) is 22.7 Å². The minimum Gasteiger partial charge on any atom is -0.471 e. The molecule has 2 heterocycles. The van der Waals surface area contributed by atoms with Gasteiger partial charge in [-0.1, -0.05) is 0 Å². The molecule has 11 heteroatoms. The van der Waals surface area contributed by atoms with Gasteiger partial charge in [-0.3, -0.25) is 0 Å². The van der Waals surface area contributed by atoms with Crippen LogP contribution in [-0.4, -0.2) is 41.9 Å². The molecule has 0 radical (unpaired) electrons. The molecule has 1 aliphatic rings. The van der Waals surface area contributed by atoms with Crippen LogP contribution in [0, 0.1) is 11.3 Å². The molecule has 0 N–H and O–H groups in total. The highest BCUT2D eigenvalue weighted by atomic mass is 32.2. The Morgan fingerprint density at radius 2 is 1.86 bits per heavy atom. The molecule has 1 unspecified atom stereocenters. The number of hydrogen-bond acceptors (Lipinski definition) is 6. The average molecular weight is 412 g/mol. The Hall–Kier alpha value is -2.71. The van der Waals surface area contributed by atoms with E-state index in [0.29, 0.717) is 12.8 Å². The van der Waals surface area contributed by atoms with Crippen LogP contribution in [0.15, 0.2) is 41.6 Å². The van der Waals surface area contributed by atoms with Crippen molar-refractivity contribution >= 4 is 10.0 Å². The number of nitrogens with zero attached hydrogens (tertiary/aromatic N) is 4. The molecular formula is C17H15F3N4O3S. The SMILES string of the molecule is N#Cc1nccnc1OC1CCCN(S(=O)(=O)c2ccc(C(F)(F)F)cc2)C1. The Labute approximate surface area is 159 Å². The van der Waals surface area contributed by atoms with Gasteiger partial charge in [-0.05, 0) is 37.1 Å². The van der Waals surface area contributed by atoms with Gasteiger partial charge in [0.1, 0.15) is 12.2 Å². The predicted molar refractivity (Wildman–Crippen MR) is 90.6 cm³/mol. The number of rotatable bonds is 4. The van der Waals surface area contributed by atoms with Crippen LogP contribution < -0.4 is 4.74 Å². The fourth-order valence-corrected chi connectivity index (χ4v) is 4.34. The smallest absolute Gasteiger partial charge is 0.416 e. The molecule has 1 aliphatic heterocycles. The van der Waals surface area contributed by atoms with E-state index in [2.05, 4.69) is 9.97 Å². The molecule has 7 nitrogen and oxygen atoms in total.